The number of carbonyl (C=O) groups is 1. The molecular weight excluding hydrogens is 357 g/mol. The van der Waals surface area contributed by atoms with Crippen LogP contribution in [0.15, 0.2) is 40.2 Å². The molecule has 3 nitrogen and oxygen atoms in total. The van der Waals surface area contributed by atoms with Crippen LogP contribution in [0, 0.1) is 5.82 Å². The van der Waals surface area contributed by atoms with Gasteiger partial charge in [-0.05, 0) is 29.6 Å². The van der Waals surface area contributed by atoms with E-state index in [4.69, 9.17) is 4.74 Å². The molecule has 1 heterocycles. The molecule has 0 aliphatic heterocycles. The van der Waals surface area contributed by atoms with Crippen molar-refractivity contribution in [1.82, 2.24) is 5.32 Å². The summed E-state index contributed by atoms with van der Waals surface area (Å²) in [7, 11) is 1.36. The standard InChI is InChI=1S/C15H15BrFNO2S/c1-20-15(19)8-13(14-3-2-6-21-14)18-9-10-7-11(16)4-5-12(10)17/h2-7,13,18H,8-9H2,1H3. The van der Waals surface area contributed by atoms with Crippen LogP contribution in [-0.4, -0.2) is 13.1 Å². The summed E-state index contributed by atoms with van der Waals surface area (Å²) < 4.78 is 19.3. The van der Waals surface area contributed by atoms with Gasteiger partial charge in [0.15, 0.2) is 0 Å². The summed E-state index contributed by atoms with van der Waals surface area (Å²) >= 11 is 4.88. The van der Waals surface area contributed by atoms with Gasteiger partial charge in [0.05, 0.1) is 19.6 Å². The van der Waals surface area contributed by atoms with Crippen LogP contribution in [0.4, 0.5) is 4.39 Å². The molecule has 21 heavy (non-hydrogen) atoms. The maximum atomic E-state index is 13.7. The van der Waals surface area contributed by atoms with Crippen LogP contribution in [0.5, 0.6) is 0 Å². The van der Waals surface area contributed by atoms with Crippen molar-refractivity contribution in [2.45, 2.75) is 19.0 Å². The Morgan fingerprint density at radius 1 is 1.48 bits per heavy atom. The van der Waals surface area contributed by atoms with Crippen LogP contribution in [0.25, 0.3) is 0 Å². The number of benzene rings is 1. The van der Waals surface area contributed by atoms with Gasteiger partial charge in [0.2, 0.25) is 0 Å². The van der Waals surface area contributed by atoms with Crippen LogP contribution in [0.2, 0.25) is 0 Å². The summed E-state index contributed by atoms with van der Waals surface area (Å²) in [6, 6.07) is 8.49. The Bertz CT molecular complexity index is 604. The van der Waals surface area contributed by atoms with Gasteiger partial charge in [0.1, 0.15) is 5.82 Å². The molecule has 1 unspecified atom stereocenters. The zero-order valence-corrected chi connectivity index (χ0v) is 13.8. The number of rotatable bonds is 6. The van der Waals surface area contributed by atoms with Gasteiger partial charge in [-0.1, -0.05) is 22.0 Å². The van der Waals surface area contributed by atoms with E-state index in [0.717, 1.165) is 9.35 Å². The van der Waals surface area contributed by atoms with Gasteiger partial charge in [-0.3, -0.25) is 4.79 Å². The van der Waals surface area contributed by atoms with E-state index in [1.807, 2.05) is 17.5 Å². The Morgan fingerprint density at radius 2 is 2.29 bits per heavy atom. The van der Waals surface area contributed by atoms with Gasteiger partial charge >= 0.3 is 5.97 Å². The number of thiophene rings is 1. The second kappa shape index (κ2) is 7.68. The van der Waals surface area contributed by atoms with Crippen LogP contribution in [0.1, 0.15) is 22.9 Å². The summed E-state index contributed by atoms with van der Waals surface area (Å²) in [5.74, 6) is -0.565. The van der Waals surface area contributed by atoms with Crippen LogP contribution >= 0.6 is 27.3 Å². The first-order valence-corrected chi connectivity index (χ1v) is 8.05. The van der Waals surface area contributed by atoms with Gasteiger partial charge < -0.3 is 10.1 Å². The SMILES string of the molecule is COC(=O)CC(NCc1cc(Br)ccc1F)c1cccs1. The van der Waals surface area contributed by atoms with Gasteiger partial charge in [-0.2, -0.15) is 0 Å². The predicted octanol–water partition coefficient (Wildman–Crippen LogP) is 4.04. The first-order valence-electron chi connectivity index (χ1n) is 6.37. The van der Waals surface area contributed by atoms with Crippen molar-refractivity contribution >= 4 is 33.2 Å². The Hall–Kier alpha value is -1.24. The minimum Gasteiger partial charge on any atom is -0.469 e. The summed E-state index contributed by atoms with van der Waals surface area (Å²) in [5, 5.41) is 5.17. The zero-order chi connectivity index (χ0) is 15.2. The van der Waals surface area contributed by atoms with E-state index in [1.54, 1.807) is 23.5 Å². The van der Waals surface area contributed by atoms with Gasteiger partial charge in [-0.25, -0.2) is 4.39 Å². The average molecular weight is 372 g/mol. The van der Waals surface area contributed by atoms with Gasteiger partial charge in [0, 0.05) is 21.5 Å². The average Bonchev–Trinajstić information content (AvgIpc) is 3.00. The fourth-order valence-electron chi connectivity index (χ4n) is 1.92. The molecule has 0 spiro atoms. The molecule has 0 saturated heterocycles. The first kappa shape index (κ1) is 16.1. The Morgan fingerprint density at radius 3 is 2.95 bits per heavy atom. The van der Waals surface area contributed by atoms with Crippen molar-refractivity contribution in [3.8, 4) is 0 Å². The number of halogens is 2. The van der Waals surface area contributed by atoms with Crippen LogP contribution in [0.3, 0.4) is 0 Å². The van der Waals surface area contributed by atoms with E-state index in [2.05, 4.69) is 21.2 Å². The third-order valence-electron chi connectivity index (χ3n) is 3.03. The lowest BCUT2D eigenvalue weighted by Crippen LogP contribution is -2.23. The quantitative estimate of drug-likeness (QED) is 0.778. The number of carbonyl (C=O) groups excluding carboxylic acids is 1. The second-order valence-corrected chi connectivity index (χ2v) is 6.36. The molecule has 0 amide bonds. The predicted molar refractivity (Wildman–Crippen MR) is 84.6 cm³/mol. The van der Waals surface area contributed by atoms with Gasteiger partial charge in [-0.15, -0.1) is 11.3 Å². The molecule has 1 atom stereocenters. The fourth-order valence-corrected chi connectivity index (χ4v) is 3.14. The maximum Gasteiger partial charge on any atom is 0.307 e. The molecule has 0 aliphatic carbocycles. The highest BCUT2D eigenvalue weighted by atomic mass is 79.9. The van der Waals surface area contributed by atoms with E-state index < -0.39 is 0 Å². The number of methoxy groups -OCH3 is 1. The van der Waals surface area contributed by atoms with E-state index in [0.29, 0.717) is 12.1 Å². The largest absolute Gasteiger partial charge is 0.469 e. The third kappa shape index (κ3) is 4.62. The van der Waals surface area contributed by atoms with Crippen molar-refractivity contribution < 1.29 is 13.9 Å². The summed E-state index contributed by atoms with van der Waals surface area (Å²) in [4.78, 5) is 12.5. The number of hydrogen-bond acceptors (Lipinski definition) is 4. The van der Waals surface area contributed by atoms with Crippen molar-refractivity contribution in [1.29, 1.82) is 0 Å². The number of ether oxygens (including phenoxy) is 1. The summed E-state index contributed by atoms with van der Waals surface area (Å²) in [6.07, 6.45) is 0.215. The number of nitrogens with one attached hydrogen (secondary N) is 1. The topological polar surface area (TPSA) is 38.3 Å². The molecule has 0 saturated carbocycles. The van der Waals surface area contributed by atoms with E-state index in [-0.39, 0.29) is 24.2 Å². The lowest BCUT2D eigenvalue weighted by Gasteiger charge is -2.17. The minimum absolute atomic E-state index is 0.184. The maximum absolute atomic E-state index is 13.7. The molecule has 0 fully saturated rings. The first-order chi connectivity index (χ1) is 10.1. The Kier molecular flexibility index (Phi) is 5.90. The molecule has 1 aromatic heterocycles. The second-order valence-electron chi connectivity index (χ2n) is 4.46. The third-order valence-corrected chi connectivity index (χ3v) is 4.51. The number of esters is 1. The minimum atomic E-state index is -0.296. The normalized spacial score (nSPS) is 12.1. The highest BCUT2D eigenvalue weighted by Crippen LogP contribution is 2.24. The molecule has 112 valence electrons. The molecule has 2 aromatic rings. The molecule has 0 radical (unpaired) electrons. The molecule has 0 bridgehead atoms. The molecule has 1 N–H and O–H groups in total. The Balaban J connectivity index is 2.08. The highest BCUT2D eigenvalue weighted by molar-refractivity contribution is 9.10. The van der Waals surface area contributed by atoms with E-state index in [9.17, 15) is 9.18 Å². The van der Waals surface area contributed by atoms with E-state index in [1.165, 1.54) is 13.2 Å². The van der Waals surface area contributed by atoms with E-state index >= 15 is 0 Å². The number of hydrogen-bond donors (Lipinski definition) is 1. The van der Waals surface area contributed by atoms with Crippen molar-refractivity contribution in [3.63, 3.8) is 0 Å². The molecular formula is C15H15BrFNO2S. The van der Waals surface area contributed by atoms with Crippen molar-refractivity contribution in [2.75, 3.05) is 7.11 Å². The smallest absolute Gasteiger partial charge is 0.307 e. The molecule has 1 aromatic carbocycles. The summed E-state index contributed by atoms with van der Waals surface area (Å²) in [6.45, 7) is 0.338. The molecule has 6 heteroatoms. The summed E-state index contributed by atoms with van der Waals surface area (Å²) in [5.41, 5.74) is 0.552. The van der Waals surface area contributed by atoms with Crippen LogP contribution in [-0.2, 0) is 16.1 Å². The van der Waals surface area contributed by atoms with Crippen molar-refractivity contribution in [3.05, 3.63) is 56.4 Å². The van der Waals surface area contributed by atoms with Gasteiger partial charge in [0.25, 0.3) is 0 Å². The van der Waals surface area contributed by atoms with Crippen LogP contribution < -0.4 is 5.32 Å². The molecule has 2 rings (SSSR count). The lowest BCUT2D eigenvalue weighted by atomic mass is 10.1. The Labute approximate surface area is 135 Å². The zero-order valence-electron chi connectivity index (χ0n) is 11.4. The lowest BCUT2D eigenvalue weighted by molar-refractivity contribution is -0.141. The van der Waals surface area contributed by atoms with Crippen molar-refractivity contribution in [2.24, 2.45) is 0 Å². The molecule has 0 aliphatic rings. The highest BCUT2D eigenvalue weighted by Gasteiger charge is 2.17. The monoisotopic (exact) mass is 371 g/mol. The fraction of sp³-hybridized carbons (Fsp3) is 0.267.